The highest BCUT2D eigenvalue weighted by Crippen LogP contribution is 2.29. The minimum Gasteiger partial charge on any atom is -0.329 e. The lowest BCUT2D eigenvalue weighted by Crippen LogP contribution is -2.36. The molecule has 0 amide bonds. The molecule has 4 heteroatoms. The van der Waals surface area contributed by atoms with Crippen LogP contribution in [0.5, 0.6) is 0 Å². The minimum absolute atomic E-state index is 0.354. The van der Waals surface area contributed by atoms with Gasteiger partial charge in [-0.2, -0.15) is 5.10 Å². The summed E-state index contributed by atoms with van der Waals surface area (Å²) in [7, 11) is 4.15. The summed E-state index contributed by atoms with van der Waals surface area (Å²) >= 11 is 0. The topological polar surface area (TPSA) is 47.1 Å². The number of rotatable bonds is 1. The lowest BCUT2D eigenvalue weighted by molar-refractivity contribution is 0.233. The van der Waals surface area contributed by atoms with Crippen molar-refractivity contribution >= 4 is 0 Å². The molecule has 1 aliphatic heterocycles. The van der Waals surface area contributed by atoms with E-state index in [1.165, 1.54) is 11.3 Å². The maximum atomic E-state index is 5.81. The second-order valence-electron chi connectivity index (χ2n) is 4.05. The van der Waals surface area contributed by atoms with Crippen molar-refractivity contribution in [3.05, 3.63) is 17.0 Å². The Balaban J connectivity index is 2.50. The van der Waals surface area contributed by atoms with E-state index >= 15 is 0 Å². The van der Waals surface area contributed by atoms with Crippen LogP contribution in [0.2, 0.25) is 0 Å². The molecular formula is C10H18N4. The van der Waals surface area contributed by atoms with E-state index < -0.39 is 0 Å². The van der Waals surface area contributed by atoms with Crippen LogP contribution in [0, 0.1) is 6.92 Å². The first kappa shape index (κ1) is 9.68. The Kier molecular flexibility index (Phi) is 2.33. The number of aromatic nitrogens is 2. The molecule has 0 aromatic carbocycles. The molecule has 2 N–H and O–H groups in total. The van der Waals surface area contributed by atoms with Crippen molar-refractivity contribution in [1.82, 2.24) is 14.7 Å². The van der Waals surface area contributed by atoms with Gasteiger partial charge in [-0.3, -0.25) is 9.58 Å². The number of likely N-dealkylation sites (N-methyl/N-ethyl adjacent to an activating group) is 1. The van der Waals surface area contributed by atoms with Crippen LogP contribution in [0.1, 0.15) is 23.0 Å². The summed E-state index contributed by atoms with van der Waals surface area (Å²) in [6, 6.07) is 0.354. The van der Waals surface area contributed by atoms with Gasteiger partial charge in [0.2, 0.25) is 0 Å². The normalized spacial score (nSPS) is 22.4. The van der Waals surface area contributed by atoms with Crippen molar-refractivity contribution in [1.29, 1.82) is 0 Å². The summed E-state index contributed by atoms with van der Waals surface area (Å²) in [6.45, 7) is 3.82. The Morgan fingerprint density at radius 1 is 1.50 bits per heavy atom. The highest BCUT2D eigenvalue weighted by atomic mass is 15.3. The molecule has 1 atom stereocenters. The molecular weight excluding hydrogens is 176 g/mol. The minimum atomic E-state index is 0.354. The van der Waals surface area contributed by atoms with Crippen molar-refractivity contribution in [3.63, 3.8) is 0 Å². The Morgan fingerprint density at radius 2 is 2.21 bits per heavy atom. The fourth-order valence-corrected chi connectivity index (χ4v) is 2.41. The first-order valence-corrected chi connectivity index (χ1v) is 5.07. The summed E-state index contributed by atoms with van der Waals surface area (Å²) in [4.78, 5) is 2.32. The molecule has 1 unspecified atom stereocenters. The lowest BCUT2D eigenvalue weighted by atomic mass is 9.97. The second-order valence-corrected chi connectivity index (χ2v) is 4.05. The predicted molar refractivity (Wildman–Crippen MR) is 56.1 cm³/mol. The van der Waals surface area contributed by atoms with Gasteiger partial charge in [0.25, 0.3) is 0 Å². The van der Waals surface area contributed by atoms with E-state index in [0.717, 1.165) is 18.7 Å². The monoisotopic (exact) mass is 194 g/mol. The first-order valence-electron chi connectivity index (χ1n) is 5.07. The maximum Gasteiger partial charge on any atom is 0.0644 e. The summed E-state index contributed by atoms with van der Waals surface area (Å²) in [6.07, 6.45) is 1.08. The molecule has 2 heterocycles. The molecule has 0 aliphatic carbocycles. The van der Waals surface area contributed by atoms with E-state index in [-0.39, 0.29) is 0 Å². The van der Waals surface area contributed by atoms with Gasteiger partial charge in [-0.05, 0) is 14.0 Å². The molecule has 0 fully saturated rings. The Bertz CT molecular complexity index is 342. The molecule has 0 radical (unpaired) electrons. The van der Waals surface area contributed by atoms with Crippen LogP contribution in [-0.4, -0.2) is 34.8 Å². The number of nitrogens with two attached hydrogens (primary N) is 1. The molecule has 0 bridgehead atoms. The van der Waals surface area contributed by atoms with Gasteiger partial charge in [0.15, 0.2) is 0 Å². The van der Waals surface area contributed by atoms with Crippen molar-refractivity contribution in [2.45, 2.75) is 19.4 Å². The van der Waals surface area contributed by atoms with Crippen LogP contribution < -0.4 is 5.73 Å². The van der Waals surface area contributed by atoms with Crippen LogP contribution in [0.3, 0.4) is 0 Å². The first-order chi connectivity index (χ1) is 6.65. The van der Waals surface area contributed by atoms with Gasteiger partial charge in [-0.25, -0.2) is 0 Å². The number of fused-ring (bicyclic) bond motifs is 1. The van der Waals surface area contributed by atoms with E-state index in [1.807, 2.05) is 11.7 Å². The molecule has 0 spiro atoms. The van der Waals surface area contributed by atoms with Crippen molar-refractivity contribution in [2.24, 2.45) is 12.8 Å². The van der Waals surface area contributed by atoms with Crippen molar-refractivity contribution in [3.8, 4) is 0 Å². The fraction of sp³-hybridized carbons (Fsp3) is 0.700. The van der Waals surface area contributed by atoms with Crippen molar-refractivity contribution in [2.75, 3.05) is 20.1 Å². The van der Waals surface area contributed by atoms with Gasteiger partial charge in [0.1, 0.15) is 0 Å². The van der Waals surface area contributed by atoms with Crippen LogP contribution in [0.25, 0.3) is 0 Å². The van der Waals surface area contributed by atoms with E-state index in [2.05, 4.69) is 24.0 Å². The van der Waals surface area contributed by atoms with Gasteiger partial charge in [-0.15, -0.1) is 0 Å². The van der Waals surface area contributed by atoms with Crippen LogP contribution in [-0.2, 0) is 13.5 Å². The Hall–Kier alpha value is -0.870. The predicted octanol–water partition coefficient (Wildman–Crippen LogP) is 0.216. The number of hydrogen-bond donors (Lipinski definition) is 1. The van der Waals surface area contributed by atoms with Gasteiger partial charge < -0.3 is 5.73 Å². The molecule has 1 aromatic heterocycles. The van der Waals surface area contributed by atoms with E-state index in [9.17, 15) is 0 Å². The standard InChI is InChI=1S/C10H18N4/c1-7-10-8(14(3)12-7)4-5-13(2)9(10)6-11/h9H,4-6,11H2,1-3H3. The summed E-state index contributed by atoms with van der Waals surface area (Å²) in [5.74, 6) is 0. The summed E-state index contributed by atoms with van der Waals surface area (Å²) in [5.41, 5.74) is 9.65. The van der Waals surface area contributed by atoms with E-state index in [1.54, 1.807) is 0 Å². The van der Waals surface area contributed by atoms with E-state index in [4.69, 9.17) is 5.73 Å². The smallest absolute Gasteiger partial charge is 0.0644 e. The molecule has 78 valence electrons. The SMILES string of the molecule is Cc1nn(C)c2c1C(CN)N(C)CC2. The molecule has 1 aliphatic rings. The maximum absolute atomic E-state index is 5.81. The zero-order valence-corrected chi connectivity index (χ0v) is 9.12. The Labute approximate surface area is 84.7 Å². The number of hydrogen-bond acceptors (Lipinski definition) is 3. The molecule has 0 saturated carbocycles. The second kappa shape index (κ2) is 3.37. The Morgan fingerprint density at radius 3 is 2.86 bits per heavy atom. The number of nitrogens with zero attached hydrogens (tertiary/aromatic N) is 3. The third kappa shape index (κ3) is 1.26. The third-order valence-corrected chi connectivity index (χ3v) is 3.18. The van der Waals surface area contributed by atoms with Gasteiger partial charge in [0, 0.05) is 37.8 Å². The van der Waals surface area contributed by atoms with Crippen LogP contribution in [0.15, 0.2) is 0 Å². The highest BCUT2D eigenvalue weighted by molar-refractivity contribution is 5.31. The van der Waals surface area contributed by atoms with Crippen molar-refractivity contribution < 1.29 is 0 Å². The largest absolute Gasteiger partial charge is 0.329 e. The molecule has 0 saturated heterocycles. The molecule has 14 heavy (non-hydrogen) atoms. The lowest BCUT2D eigenvalue weighted by Gasteiger charge is -2.32. The number of aryl methyl sites for hydroxylation is 2. The zero-order chi connectivity index (χ0) is 10.3. The van der Waals surface area contributed by atoms with Gasteiger partial charge >= 0.3 is 0 Å². The summed E-state index contributed by atoms with van der Waals surface area (Å²) < 4.78 is 2.00. The average molecular weight is 194 g/mol. The molecule has 1 aromatic rings. The fourth-order valence-electron chi connectivity index (χ4n) is 2.41. The highest BCUT2D eigenvalue weighted by Gasteiger charge is 2.28. The van der Waals surface area contributed by atoms with Crippen LogP contribution in [0.4, 0.5) is 0 Å². The van der Waals surface area contributed by atoms with Crippen LogP contribution >= 0.6 is 0 Å². The van der Waals surface area contributed by atoms with Gasteiger partial charge in [-0.1, -0.05) is 0 Å². The average Bonchev–Trinajstić information content (AvgIpc) is 2.43. The molecule has 2 rings (SSSR count). The van der Waals surface area contributed by atoms with Gasteiger partial charge in [0.05, 0.1) is 11.7 Å². The zero-order valence-electron chi connectivity index (χ0n) is 9.12. The third-order valence-electron chi connectivity index (χ3n) is 3.18. The van der Waals surface area contributed by atoms with E-state index in [0.29, 0.717) is 12.6 Å². The summed E-state index contributed by atoms with van der Waals surface area (Å²) in [5, 5.41) is 4.46. The molecule has 4 nitrogen and oxygen atoms in total. The quantitative estimate of drug-likeness (QED) is 0.695.